The van der Waals surface area contributed by atoms with Gasteiger partial charge in [-0.1, -0.05) is 15.9 Å². The number of rotatable bonds is 3. The molecule has 20 heavy (non-hydrogen) atoms. The van der Waals surface area contributed by atoms with Gasteiger partial charge in [0, 0.05) is 29.6 Å². The number of aromatic nitrogens is 1. The van der Waals surface area contributed by atoms with E-state index in [-0.39, 0.29) is 6.61 Å². The summed E-state index contributed by atoms with van der Waals surface area (Å²) in [5.74, 6) is 0.551. The van der Waals surface area contributed by atoms with Crippen LogP contribution in [0.4, 0.5) is 11.4 Å². The molecule has 1 aromatic carbocycles. The summed E-state index contributed by atoms with van der Waals surface area (Å²) < 4.78 is 1.03. The predicted molar refractivity (Wildman–Crippen MR) is 85.9 cm³/mol. The van der Waals surface area contributed by atoms with Crippen molar-refractivity contribution in [3.8, 4) is 0 Å². The second kappa shape index (κ2) is 5.58. The van der Waals surface area contributed by atoms with E-state index in [1.54, 1.807) is 6.20 Å². The van der Waals surface area contributed by atoms with Crippen molar-refractivity contribution in [2.75, 3.05) is 30.3 Å². The molecule has 0 amide bonds. The number of hydrogen-bond donors (Lipinski definition) is 2. The van der Waals surface area contributed by atoms with Crippen LogP contribution in [0.15, 0.2) is 28.9 Å². The van der Waals surface area contributed by atoms with E-state index in [4.69, 9.17) is 10.8 Å². The summed E-state index contributed by atoms with van der Waals surface area (Å²) in [7, 11) is 0. The van der Waals surface area contributed by atoms with Crippen molar-refractivity contribution in [1.29, 1.82) is 0 Å². The van der Waals surface area contributed by atoms with E-state index in [9.17, 15) is 0 Å². The lowest BCUT2D eigenvalue weighted by atomic mass is 10.1. The maximum atomic E-state index is 9.09. The third kappa shape index (κ3) is 2.47. The molecule has 1 aliphatic heterocycles. The highest BCUT2D eigenvalue weighted by molar-refractivity contribution is 9.10. The molecule has 2 aromatic rings. The quantitative estimate of drug-likeness (QED) is 0.905. The SMILES string of the molecule is Nc1cnc2ccc(Br)cc2c1N1CCC(CCO)C1. The molecule has 5 heteroatoms. The van der Waals surface area contributed by atoms with Crippen LogP contribution in [-0.2, 0) is 0 Å². The second-order valence-corrected chi connectivity index (χ2v) is 6.25. The first-order chi connectivity index (χ1) is 9.69. The molecule has 2 heterocycles. The molecule has 0 bridgehead atoms. The van der Waals surface area contributed by atoms with Gasteiger partial charge in [0.2, 0.25) is 0 Å². The van der Waals surface area contributed by atoms with Gasteiger partial charge in [0.25, 0.3) is 0 Å². The first-order valence-electron chi connectivity index (χ1n) is 6.88. The Hall–Kier alpha value is -1.33. The number of hydrogen-bond acceptors (Lipinski definition) is 4. The molecule has 3 N–H and O–H groups in total. The predicted octanol–water partition coefficient (Wildman–Crippen LogP) is 2.79. The monoisotopic (exact) mass is 335 g/mol. The number of aliphatic hydroxyl groups excluding tert-OH is 1. The highest BCUT2D eigenvalue weighted by atomic mass is 79.9. The highest BCUT2D eigenvalue weighted by Crippen LogP contribution is 2.36. The summed E-state index contributed by atoms with van der Waals surface area (Å²) in [6.45, 7) is 2.20. The van der Waals surface area contributed by atoms with E-state index < -0.39 is 0 Å². The summed E-state index contributed by atoms with van der Waals surface area (Å²) in [5.41, 5.74) is 8.93. The third-order valence-electron chi connectivity index (χ3n) is 3.97. The minimum atomic E-state index is 0.261. The summed E-state index contributed by atoms with van der Waals surface area (Å²) >= 11 is 3.52. The topological polar surface area (TPSA) is 62.4 Å². The average molecular weight is 336 g/mol. The lowest BCUT2D eigenvalue weighted by molar-refractivity contribution is 0.263. The van der Waals surface area contributed by atoms with Gasteiger partial charge in [0.1, 0.15) is 0 Å². The summed E-state index contributed by atoms with van der Waals surface area (Å²) in [5, 5.41) is 10.2. The molecule has 1 unspecified atom stereocenters. The Morgan fingerprint density at radius 1 is 1.45 bits per heavy atom. The van der Waals surface area contributed by atoms with Gasteiger partial charge in [-0.05, 0) is 37.0 Å². The Morgan fingerprint density at radius 2 is 2.30 bits per heavy atom. The Kier molecular flexibility index (Phi) is 3.81. The van der Waals surface area contributed by atoms with Crippen LogP contribution >= 0.6 is 15.9 Å². The largest absolute Gasteiger partial charge is 0.396 e. The van der Waals surface area contributed by atoms with Crippen LogP contribution in [0.2, 0.25) is 0 Å². The molecule has 1 aromatic heterocycles. The molecule has 3 rings (SSSR count). The van der Waals surface area contributed by atoms with Gasteiger partial charge in [0.15, 0.2) is 0 Å². The first-order valence-corrected chi connectivity index (χ1v) is 7.68. The number of pyridine rings is 1. The summed E-state index contributed by atoms with van der Waals surface area (Å²) in [6, 6.07) is 6.07. The van der Waals surface area contributed by atoms with E-state index in [2.05, 4.69) is 31.9 Å². The molecule has 1 aliphatic rings. The van der Waals surface area contributed by atoms with E-state index >= 15 is 0 Å². The van der Waals surface area contributed by atoms with E-state index in [1.165, 1.54) is 0 Å². The molecule has 1 fully saturated rings. The second-order valence-electron chi connectivity index (χ2n) is 5.34. The lowest BCUT2D eigenvalue weighted by Crippen LogP contribution is -2.21. The van der Waals surface area contributed by atoms with Crippen LogP contribution in [0.25, 0.3) is 10.9 Å². The van der Waals surface area contributed by atoms with Crippen LogP contribution < -0.4 is 10.6 Å². The fraction of sp³-hybridized carbons (Fsp3) is 0.400. The van der Waals surface area contributed by atoms with Crippen molar-refractivity contribution in [2.24, 2.45) is 5.92 Å². The molecule has 0 radical (unpaired) electrons. The van der Waals surface area contributed by atoms with Crippen LogP contribution in [0.3, 0.4) is 0 Å². The van der Waals surface area contributed by atoms with Gasteiger partial charge in [-0.15, -0.1) is 0 Å². The number of fused-ring (bicyclic) bond motifs is 1. The molecular weight excluding hydrogens is 318 g/mol. The Balaban J connectivity index is 2.02. The van der Waals surface area contributed by atoms with Crippen LogP contribution in [0.5, 0.6) is 0 Å². The van der Waals surface area contributed by atoms with E-state index in [0.717, 1.165) is 52.7 Å². The normalized spacial score (nSPS) is 18.9. The molecule has 4 nitrogen and oxygen atoms in total. The minimum absolute atomic E-state index is 0.261. The van der Waals surface area contributed by atoms with Gasteiger partial charge in [0.05, 0.1) is 23.1 Å². The molecule has 106 valence electrons. The van der Waals surface area contributed by atoms with Crippen molar-refractivity contribution in [2.45, 2.75) is 12.8 Å². The van der Waals surface area contributed by atoms with E-state index in [1.807, 2.05) is 12.1 Å². The van der Waals surface area contributed by atoms with E-state index in [0.29, 0.717) is 5.92 Å². The zero-order valence-corrected chi connectivity index (χ0v) is 12.8. The zero-order valence-electron chi connectivity index (χ0n) is 11.2. The number of halogens is 1. The van der Waals surface area contributed by atoms with Gasteiger partial charge < -0.3 is 15.7 Å². The number of nitrogen functional groups attached to an aromatic ring is 1. The van der Waals surface area contributed by atoms with Crippen molar-refractivity contribution in [1.82, 2.24) is 4.98 Å². The van der Waals surface area contributed by atoms with Crippen molar-refractivity contribution in [3.05, 3.63) is 28.9 Å². The van der Waals surface area contributed by atoms with Gasteiger partial charge in [-0.25, -0.2) is 0 Å². The fourth-order valence-corrected chi connectivity index (χ4v) is 3.33. The smallest absolute Gasteiger partial charge is 0.0745 e. The number of anilines is 2. The fourth-order valence-electron chi connectivity index (χ4n) is 2.97. The van der Waals surface area contributed by atoms with Crippen LogP contribution in [0, 0.1) is 5.92 Å². The van der Waals surface area contributed by atoms with Crippen molar-refractivity contribution < 1.29 is 5.11 Å². The third-order valence-corrected chi connectivity index (χ3v) is 4.46. The highest BCUT2D eigenvalue weighted by Gasteiger charge is 2.25. The maximum absolute atomic E-state index is 9.09. The van der Waals surface area contributed by atoms with Crippen molar-refractivity contribution >= 4 is 38.2 Å². The molecule has 1 saturated heterocycles. The minimum Gasteiger partial charge on any atom is -0.396 e. The standard InChI is InChI=1S/C15H18BrN3O/c16-11-1-2-14-12(7-11)15(13(17)8-18-14)19-5-3-10(9-19)4-6-20/h1-2,7-8,10,20H,3-6,9,17H2. The number of nitrogens with two attached hydrogens (primary N) is 1. The van der Waals surface area contributed by atoms with Crippen molar-refractivity contribution in [3.63, 3.8) is 0 Å². The van der Waals surface area contributed by atoms with Crippen LogP contribution in [0.1, 0.15) is 12.8 Å². The Morgan fingerprint density at radius 3 is 3.10 bits per heavy atom. The summed E-state index contributed by atoms with van der Waals surface area (Å²) in [6.07, 6.45) is 3.71. The maximum Gasteiger partial charge on any atom is 0.0745 e. The molecule has 0 spiro atoms. The molecule has 0 aliphatic carbocycles. The Bertz CT molecular complexity index is 627. The number of benzene rings is 1. The first kappa shape index (κ1) is 13.6. The molecule has 1 atom stereocenters. The molecule has 0 saturated carbocycles. The zero-order chi connectivity index (χ0) is 14.1. The summed E-state index contributed by atoms with van der Waals surface area (Å²) in [4.78, 5) is 6.72. The molecular formula is C15H18BrN3O. The van der Waals surface area contributed by atoms with Gasteiger partial charge in [-0.2, -0.15) is 0 Å². The van der Waals surface area contributed by atoms with Gasteiger partial charge >= 0.3 is 0 Å². The number of aliphatic hydroxyl groups is 1. The van der Waals surface area contributed by atoms with Gasteiger partial charge in [-0.3, -0.25) is 4.98 Å². The average Bonchev–Trinajstić information content (AvgIpc) is 2.87. The van der Waals surface area contributed by atoms with Crippen LogP contribution in [-0.4, -0.2) is 29.8 Å². The Labute approximate surface area is 126 Å². The lowest BCUT2D eigenvalue weighted by Gasteiger charge is -2.22. The number of nitrogens with zero attached hydrogens (tertiary/aromatic N) is 2.